The molecule has 0 radical (unpaired) electrons. The second kappa shape index (κ2) is 8.19. The van der Waals surface area contributed by atoms with Gasteiger partial charge in [0.15, 0.2) is 6.23 Å². The average molecular weight is 418 g/mol. The van der Waals surface area contributed by atoms with Crippen molar-refractivity contribution in [3.8, 4) is 5.75 Å². The van der Waals surface area contributed by atoms with Gasteiger partial charge in [-0.1, -0.05) is 37.3 Å². The predicted molar refractivity (Wildman–Crippen MR) is 120 cm³/mol. The van der Waals surface area contributed by atoms with E-state index in [1.807, 2.05) is 53.4 Å². The van der Waals surface area contributed by atoms with Gasteiger partial charge in [0.1, 0.15) is 5.75 Å². The largest absolute Gasteiger partial charge is 0.493 e. The van der Waals surface area contributed by atoms with Crippen molar-refractivity contribution in [2.75, 3.05) is 13.2 Å². The van der Waals surface area contributed by atoms with Crippen molar-refractivity contribution < 1.29 is 14.3 Å². The number of carbonyl (C=O) groups is 1. The molecule has 1 fully saturated rings. The van der Waals surface area contributed by atoms with Crippen molar-refractivity contribution in [2.24, 2.45) is 11.7 Å². The summed E-state index contributed by atoms with van der Waals surface area (Å²) in [6, 6.07) is 14.0. The van der Waals surface area contributed by atoms with Crippen molar-refractivity contribution in [3.63, 3.8) is 0 Å². The van der Waals surface area contributed by atoms with Gasteiger partial charge in [-0.15, -0.1) is 0 Å². The summed E-state index contributed by atoms with van der Waals surface area (Å²) in [5, 5.41) is 5.62. The highest BCUT2D eigenvalue weighted by Crippen LogP contribution is 2.42. The lowest BCUT2D eigenvalue weighted by Crippen LogP contribution is -2.30. The molecule has 31 heavy (non-hydrogen) atoms. The van der Waals surface area contributed by atoms with Crippen LogP contribution in [-0.2, 0) is 9.53 Å². The number of fused-ring (bicyclic) bond motifs is 2. The molecule has 0 spiro atoms. The van der Waals surface area contributed by atoms with E-state index in [2.05, 4.69) is 18.1 Å². The van der Waals surface area contributed by atoms with Crippen LogP contribution in [0, 0.1) is 5.92 Å². The number of hydrogen-bond acceptors (Lipinski definition) is 4. The van der Waals surface area contributed by atoms with E-state index in [0.717, 1.165) is 53.6 Å². The highest BCUT2D eigenvalue weighted by molar-refractivity contribution is 5.99. The molecule has 3 atom stereocenters. The Morgan fingerprint density at radius 1 is 1.23 bits per heavy atom. The van der Waals surface area contributed by atoms with Crippen LogP contribution < -0.4 is 10.5 Å². The number of para-hydroxylation sites is 1. The third kappa shape index (κ3) is 3.72. The Morgan fingerprint density at radius 3 is 2.90 bits per heavy atom. The summed E-state index contributed by atoms with van der Waals surface area (Å²) in [5.41, 5.74) is 9.43. The Bertz CT molecular complexity index is 1140. The van der Waals surface area contributed by atoms with E-state index in [9.17, 15) is 4.79 Å². The first-order valence-corrected chi connectivity index (χ1v) is 10.9. The van der Waals surface area contributed by atoms with Crippen LogP contribution in [0.25, 0.3) is 17.0 Å². The summed E-state index contributed by atoms with van der Waals surface area (Å²) in [4.78, 5) is 12.6. The van der Waals surface area contributed by atoms with Gasteiger partial charge in [-0.05, 0) is 43.0 Å². The fourth-order valence-electron chi connectivity index (χ4n) is 4.75. The number of nitrogens with two attached hydrogens (primary N) is 1. The molecule has 3 aromatic rings. The number of ether oxygens (including phenoxy) is 2. The lowest BCUT2D eigenvalue weighted by atomic mass is 9.78. The lowest BCUT2D eigenvalue weighted by molar-refractivity contribution is -0.114. The first kappa shape index (κ1) is 19.8. The molecule has 0 bridgehead atoms. The van der Waals surface area contributed by atoms with Crippen molar-refractivity contribution in [1.29, 1.82) is 0 Å². The third-order valence-electron chi connectivity index (χ3n) is 6.32. The van der Waals surface area contributed by atoms with Gasteiger partial charge in [-0.2, -0.15) is 5.10 Å². The smallest absolute Gasteiger partial charge is 0.245 e. The quantitative estimate of drug-likeness (QED) is 0.638. The van der Waals surface area contributed by atoms with Crippen LogP contribution in [0.15, 0.2) is 54.2 Å². The number of primary amides is 1. The molecule has 3 heterocycles. The summed E-state index contributed by atoms with van der Waals surface area (Å²) in [6.07, 6.45) is 6.94. The van der Waals surface area contributed by atoms with Crippen molar-refractivity contribution in [3.05, 3.63) is 65.4 Å². The Balaban J connectivity index is 1.57. The standard InChI is InChI=1S/C25H27N3O3/c1-16-15-31-22-7-3-2-6-19(22)24(16)20(25(26)29)12-17-9-10-18-14-27-28(21(18)13-17)23-8-4-5-11-30-23/h2-3,6-7,9-10,12-14,16,23-24H,4-5,8,11,15H2,1H3,(H2,26,29). The van der Waals surface area contributed by atoms with E-state index in [1.165, 1.54) is 0 Å². The van der Waals surface area contributed by atoms with Gasteiger partial charge in [0.2, 0.25) is 5.91 Å². The van der Waals surface area contributed by atoms with Crippen molar-refractivity contribution in [1.82, 2.24) is 9.78 Å². The zero-order valence-corrected chi connectivity index (χ0v) is 17.7. The summed E-state index contributed by atoms with van der Waals surface area (Å²) in [5.74, 6) is 0.446. The Labute approximate surface area is 181 Å². The molecule has 0 saturated carbocycles. The predicted octanol–water partition coefficient (Wildman–Crippen LogP) is 4.42. The van der Waals surface area contributed by atoms with Crippen LogP contribution in [0.1, 0.15) is 49.5 Å². The van der Waals surface area contributed by atoms with Gasteiger partial charge < -0.3 is 15.2 Å². The molecule has 6 nitrogen and oxygen atoms in total. The average Bonchev–Trinajstić information content (AvgIpc) is 3.21. The van der Waals surface area contributed by atoms with Gasteiger partial charge in [0, 0.05) is 35.0 Å². The van der Waals surface area contributed by atoms with Gasteiger partial charge in [0.25, 0.3) is 0 Å². The highest BCUT2D eigenvalue weighted by atomic mass is 16.5. The topological polar surface area (TPSA) is 79.4 Å². The molecule has 2 aliphatic heterocycles. The van der Waals surface area contributed by atoms with Crippen molar-refractivity contribution >= 4 is 22.9 Å². The lowest BCUT2D eigenvalue weighted by Gasteiger charge is -2.32. The molecule has 2 aliphatic rings. The van der Waals surface area contributed by atoms with Crippen LogP contribution in [-0.4, -0.2) is 28.9 Å². The molecule has 2 aromatic carbocycles. The van der Waals surface area contributed by atoms with E-state index in [4.69, 9.17) is 15.2 Å². The van der Waals surface area contributed by atoms with Crippen molar-refractivity contribution in [2.45, 2.75) is 38.3 Å². The number of nitrogens with zero attached hydrogens (tertiary/aromatic N) is 2. The summed E-state index contributed by atoms with van der Waals surface area (Å²) in [7, 11) is 0. The summed E-state index contributed by atoms with van der Waals surface area (Å²) >= 11 is 0. The number of rotatable bonds is 4. The molecule has 2 N–H and O–H groups in total. The minimum absolute atomic E-state index is 0.0384. The molecule has 0 aliphatic carbocycles. The SMILES string of the molecule is CC1COc2ccccc2C1C(=Cc1ccc2cnn(C3CCCCO3)c2c1)C(N)=O. The number of benzene rings is 2. The van der Waals surface area contributed by atoms with Gasteiger partial charge in [-0.25, -0.2) is 4.68 Å². The number of hydrogen-bond donors (Lipinski definition) is 1. The summed E-state index contributed by atoms with van der Waals surface area (Å²) < 4.78 is 13.8. The molecule has 1 saturated heterocycles. The molecular formula is C25H27N3O3. The monoisotopic (exact) mass is 417 g/mol. The molecule has 1 amide bonds. The third-order valence-corrected chi connectivity index (χ3v) is 6.32. The van der Waals surface area contributed by atoms with Gasteiger partial charge in [0.05, 0.1) is 18.3 Å². The molecule has 6 heteroatoms. The number of aromatic nitrogens is 2. The number of carbonyl (C=O) groups excluding carboxylic acids is 1. The maximum Gasteiger partial charge on any atom is 0.245 e. The second-order valence-electron chi connectivity index (χ2n) is 8.50. The molecule has 3 unspecified atom stereocenters. The van der Waals surface area contributed by atoms with E-state index in [1.54, 1.807) is 0 Å². The van der Waals surface area contributed by atoms with Crippen LogP contribution in [0.5, 0.6) is 5.75 Å². The van der Waals surface area contributed by atoms with E-state index in [-0.39, 0.29) is 18.1 Å². The fourth-order valence-corrected chi connectivity index (χ4v) is 4.75. The maximum atomic E-state index is 12.6. The van der Waals surface area contributed by atoms with Crippen LogP contribution in [0.2, 0.25) is 0 Å². The van der Waals surface area contributed by atoms with Gasteiger partial charge in [-0.3, -0.25) is 4.79 Å². The Morgan fingerprint density at radius 2 is 2.10 bits per heavy atom. The zero-order valence-electron chi connectivity index (χ0n) is 17.7. The molecule has 160 valence electrons. The van der Waals surface area contributed by atoms with Crippen LogP contribution in [0.4, 0.5) is 0 Å². The fraction of sp³-hybridized carbons (Fsp3) is 0.360. The summed E-state index contributed by atoms with van der Waals surface area (Å²) in [6.45, 7) is 3.41. The van der Waals surface area contributed by atoms with Crippen LogP contribution in [0.3, 0.4) is 0 Å². The highest BCUT2D eigenvalue weighted by Gasteiger charge is 2.33. The first-order chi connectivity index (χ1) is 15.1. The van der Waals surface area contributed by atoms with Crippen LogP contribution >= 0.6 is 0 Å². The maximum absolute atomic E-state index is 12.6. The van der Waals surface area contributed by atoms with E-state index in [0.29, 0.717) is 12.2 Å². The number of amides is 1. The molecule has 1 aromatic heterocycles. The normalized spacial score (nSPS) is 23.9. The van der Waals surface area contributed by atoms with Gasteiger partial charge >= 0.3 is 0 Å². The van der Waals surface area contributed by atoms with E-state index >= 15 is 0 Å². The minimum atomic E-state index is -0.405. The Hall–Kier alpha value is -3.12. The molecule has 5 rings (SSSR count). The molecular weight excluding hydrogens is 390 g/mol. The first-order valence-electron chi connectivity index (χ1n) is 10.9. The van der Waals surface area contributed by atoms with E-state index < -0.39 is 5.91 Å². The Kier molecular flexibility index (Phi) is 5.24. The second-order valence-corrected chi connectivity index (χ2v) is 8.50. The minimum Gasteiger partial charge on any atom is -0.493 e. The zero-order chi connectivity index (χ0) is 21.4.